The van der Waals surface area contributed by atoms with Crippen LogP contribution >= 0.6 is 11.8 Å². The number of carbonyl (C=O) groups excluding carboxylic acids is 2. The molecule has 8 nitrogen and oxygen atoms in total. The molecule has 3 aromatic rings. The first-order chi connectivity index (χ1) is 14.5. The quantitative estimate of drug-likeness (QED) is 0.535. The monoisotopic (exact) mass is 428 g/mol. The molecule has 0 aliphatic rings. The second-order valence-electron chi connectivity index (χ2n) is 6.37. The van der Waals surface area contributed by atoms with Crippen molar-refractivity contribution >= 4 is 35.0 Å². The summed E-state index contributed by atoms with van der Waals surface area (Å²) < 4.78 is 14.8. The Labute approximate surface area is 177 Å². The van der Waals surface area contributed by atoms with Gasteiger partial charge < -0.3 is 15.2 Å². The van der Waals surface area contributed by atoms with E-state index in [2.05, 4.69) is 25.8 Å². The van der Waals surface area contributed by atoms with Crippen molar-refractivity contribution in [1.29, 1.82) is 0 Å². The van der Waals surface area contributed by atoms with Crippen molar-refractivity contribution in [2.45, 2.75) is 37.2 Å². The molecule has 156 valence electrons. The molecule has 0 radical (unpaired) electrons. The van der Waals surface area contributed by atoms with E-state index >= 15 is 0 Å². The first-order valence-corrected chi connectivity index (χ1v) is 10.2. The lowest BCUT2D eigenvalue weighted by Gasteiger charge is -2.12. The summed E-state index contributed by atoms with van der Waals surface area (Å²) in [6.07, 6.45) is 3.21. The molecule has 2 heterocycles. The fraction of sp³-hybridized carbons (Fsp3) is 0.250. The highest BCUT2D eigenvalue weighted by Crippen LogP contribution is 2.23. The van der Waals surface area contributed by atoms with Gasteiger partial charge in [0.25, 0.3) is 0 Å². The summed E-state index contributed by atoms with van der Waals surface area (Å²) >= 11 is 1.26. The molecular weight excluding hydrogens is 407 g/mol. The maximum atomic E-state index is 13.0. The lowest BCUT2D eigenvalue weighted by atomic mass is 10.3. The highest BCUT2D eigenvalue weighted by Gasteiger charge is 2.21. The van der Waals surface area contributed by atoms with Crippen molar-refractivity contribution in [2.75, 3.05) is 10.6 Å². The van der Waals surface area contributed by atoms with Crippen molar-refractivity contribution in [3.63, 3.8) is 0 Å². The van der Waals surface area contributed by atoms with Gasteiger partial charge in [-0.15, -0.1) is 10.2 Å². The molecule has 0 bridgehead atoms. The number of halogens is 1. The van der Waals surface area contributed by atoms with E-state index in [0.29, 0.717) is 28.9 Å². The minimum atomic E-state index is -0.430. The highest BCUT2D eigenvalue weighted by molar-refractivity contribution is 8.00. The van der Waals surface area contributed by atoms with Crippen LogP contribution in [0.15, 0.2) is 53.9 Å². The molecule has 0 saturated carbocycles. The average Bonchev–Trinajstić information content (AvgIpc) is 3.11. The second kappa shape index (κ2) is 9.97. The van der Waals surface area contributed by atoms with Gasteiger partial charge in [-0.3, -0.25) is 14.6 Å². The zero-order valence-electron chi connectivity index (χ0n) is 16.5. The number of carbonyl (C=O) groups is 2. The van der Waals surface area contributed by atoms with Gasteiger partial charge in [0.15, 0.2) is 5.16 Å². The lowest BCUT2D eigenvalue weighted by Crippen LogP contribution is -2.23. The Hall–Kier alpha value is -3.27. The first-order valence-electron chi connectivity index (χ1n) is 9.31. The van der Waals surface area contributed by atoms with Crippen LogP contribution in [0.4, 0.5) is 15.8 Å². The number of rotatable bonds is 8. The average molecular weight is 428 g/mol. The van der Waals surface area contributed by atoms with E-state index in [1.165, 1.54) is 36.0 Å². The molecule has 0 spiro atoms. The number of hydrogen-bond donors (Lipinski definition) is 2. The molecule has 0 fully saturated rings. The maximum absolute atomic E-state index is 13.0. The summed E-state index contributed by atoms with van der Waals surface area (Å²) in [5.74, 6) is -0.363. The Morgan fingerprint density at radius 3 is 2.57 bits per heavy atom. The fourth-order valence-electron chi connectivity index (χ4n) is 2.63. The number of hydrogen-bond acceptors (Lipinski definition) is 6. The van der Waals surface area contributed by atoms with E-state index in [0.717, 1.165) is 0 Å². The van der Waals surface area contributed by atoms with Gasteiger partial charge in [0.05, 0.1) is 23.6 Å². The third-order valence-electron chi connectivity index (χ3n) is 4.14. The Kier molecular flexibility index (Phi) is 7.12. The Balaban J connectivity index is 1.62. The van der Waals surface area contributed by atoms with Gasteiger partial charge in [0.1, 0.15) is 11.6 Å². The van der Waals surface area contributed by atoms with E-state index in [4.69, 9.17) is 0 Å². The van der Waals surface area contributed by atoms with E-state index < -0.39 is 5.25 Å². The van der Waals surface area contributed by atoms with Crippen LogP contribution in [0.1, 0.15) is 19.7 Å². The predicted octanol–water partition coefficient (Wildman–Crippen LogP) is 3.13. The van der Waals surface area contributed by atoms with E-state index in [1.807, 2.05) is 6.92 Å². The number of nitrogens with zero attached hydrogens (tertiary/aromatic N) is 4. The van der Waals surface area contributed by atoms with Gasteiger partial charge in [-0.05, 0) is 50.2 Å². The number of amides is 2. The molecule has 0 aliphatic heterocycles. The Morgan fingerprint density at radius 1 is 1.13 bits per heavy atom. The van der Waals surface area contributed by atoms with E-state index in [-0.39, 0.29) is 24.1 Å². The van der Waals surface area contributed by atoms with E-state index in [1.54, 1.807) is 36.0 Å². The van der Waals surface area contributed by atoms with Gasteiger partial charge in [-0.2, -0.15) is 0 Å². The van der Waals surface area contributed by atoms with Crippen molar-refractivity contribution in [2.24, 2.45) is 0 Å². The van der Waals surface area contributed by atoms with E-state index in [9.17, 15) is 14.0 Å². The van der Waals surface area contributed by atoms with Gasteiger partial charge in [0, 0.05) is 18.4 Å². The molecule has 2 aromatic heterocycles. The summed E-state index contributed by atoms with van der Waals surface area (Å²) in [4.78, 5) is 28.7. The number of thioether (sulfide) groups is 1. The summed E-state index contributed by atoms with van der Waals surface area (Å²) in [6, 6.07) is 9.02. The fourth-order valence-corrected chi connectivity index (χ4v) is 3.56. The second-order valence-corrected chi connectivity index (χ2v) is 7.67. The van der Waals surface area contributed by atoms with Crippen LogP contribution in [-0.2, 0) is 22.6 Å². The zero-order chi connectivity index (χ0) is 21.5. The molecule has 1 atom stereocenters. The predicted molar refractivity (Wildman–Crippen MR) is 113 cm³/mol. The molecule has 30 heavy (non-hydrogen) atoms. The summed E-state index contributed by atoms with van der Waals surface area (Å²) in [5, 5.41) is 13.9. The van der Waals surface area contributed by atoms with Crippen LogP contribution < -0.4 is 10.6 Å². The summed E-state index contributed by atoms with van der Waals surface area (Å²) in [6.45, 7) is 4.23. The number of aromatic nitrogens is 4. The third-order valence-corrected chi connectivity index (χ3v) is 5.22. The molecule has 0 aliphatic carbocycles. The molecule has 1 unspecified atom stereocenters. The normalized spacial score (nSPS) is 11.7. The van der Waals surface area contributed by atoms with Crippen molar-refractivity contribution < 1.29 is 14.0 Å². The molecule has 2 amide bonds. The van der Waals surface area contributed by atoms with Crippen LogP contribution in [0, 0.1) is 5.82 Å². The Morgan fingerprint density at radius 2 is 1.90 bits per heavy atom. The molecule has 0 saturated heterocycles. The van der Waals surface area contributed by atoms with Crippen LogP contribution in [0.5, 0.6) is 0 Å². The number of anilines is 2. The Bertz CT molecular complexity index is 1010. The van der Waals surface area contributed by atoms with Gasteiger partial charge in [0.2, 0.25) is 11.8 Å². The molecule has 2 N–H and O–H groups in total. The van der Waals surface area contributed by atoms with Crippen LogP contribution in [0.3, 0.4) is 0 Å². The number of benzene rings is 1. The van der Waals surface area contributed by atoms with Crippen molar-refractivity contribution in [3.05, 3.63) is 60.4 Å². The molecule has 10 heteroatoms. The third kappa shape index (κ3) is 5.63. The van der Waals surface area contributed by atoms with Crippen molar-refractivity contribution in [1.82, 2.24) is 19.7 Å². The minimum absolute atomic E-state index is 0.00897. The topological polar surface area (TPSA) is 102 Å². The molecule has 1 aromatic carbocycles. The van der Waals surface area contributed by atoms with Gasteiger partial charge in [-0.25, -0.2) is 4.39 Å². The largest absolute Gasteiger partial charge is 0.326 e. The summed E-state index contributed by atoms with van der Waals surface area (Å²) in [7, 11) is 0. The maximum Gasteiger partial charge on any atom is 0.237 e. The SMILES string of the molecule is CCn1c(CC(=O)Nc2ccc(F)cc2)nnc1SC(C)C(=O)Nc1cccnc1. The smallest absolute Gasteiger partial charge is 0.237 e. The van der Waals surface area contributed by atoms with Crippen LogP contribution in [0.2, 0.25) is 0 Å². The van der Waals surface area contributed by atoms with Crippen LogP contribution in [-0.4, -0.2) is 36.8 Å². The zero-order valence-corrected chi connectivity index (χ0v) is 17.3. The van der Waals surface area contributed by atoms with Gasteiger partial charge >= 0.3 is 0 Å². The van der Waals surface area contributed by atoms with Crippen molar-refractivity contribution in [3.8, 4) is 0 Å². The number of pyridine rings is 1. The van der Waals surface area contributed by atoms with Gasteiger partial charge in [-0.1, -0.05) is 11.8 Å². The number of nitrogens with one attached hydrogen (secondary N) is 2. The minimum Gasteiger partial charge on any atom is -0.326 e. The standard InChI is InChI=1S/C20H21FN6O2S/c1-3-27-17(11-18(28)23-15-8-6-14(21)7-9-15)25-26-20(27)30-13(2)19(29)24-16-5-4-10-22-12-16/h4-10,12-13H,3,11H2,1-2H3,(H,23,28)(H,24,29). The first kappa shape index (κ1) is 21.4. The van der Waals surface area contributed by atoms with Crippen LogP contribution in [0.25, 0.3) is 0 Å². The lowest BCUT2D eigenvalue weighted by molar-refractivity contribution is -0.116. The summed E-state index contributed by atoms with van der Waals surface area (Å²) in [5.41, 5.74) is 1.12. The molecular formula is C20H21FN6O2S. The molecule has 3 rings (SSSR count). The highest BCUT2D eigenvalue weighted by atomic mass is 32.2.